The number of hydrogen-bond acceptors (Lipinski definition) is 4. The second-order valence-corrected chi connectivity index (χ2v) is 5.85. The molecule has 25 heavy (non-hydrogen) atoms. The zero-order chi connectivity index (χ0) is 19.1. The van der Waals surface area contributed by atoms with Crippen LogP contribution in [0, 0.1) is 11.8 Å². The number of hydrogen-bond donors (Lipinski definition) is 2. The highest BCUT2D eigenvalue weighted by atomic mass is 19.4. The van der Waals surface area contributed by atoms with Crippen molar-refractivity contribution in [2.24, 2.45) is 5.73 Å². The van der Waals surface area contributed by atoms with Gasteiger partial charge >= 0.3 is 12.3 Å². The number of alkyl halides is 3. The van der Waals surface area contributed by atoms with E-state index in [9.17, 15) is 18.0 Å². The van der Waals surface area contributed by atoms with Gasteiger partial charge in [-0.15, -0.1) is 0 Å². The Morgan fingerprint density at radius 1 is 1.36 bits per heavy atom. The summed E-state index contributed by atoms with van der Waals surface area (Å²) in [6.45, 7) is 4.88. The van der Waals surface area contributed by atoms with Crippen LogP contribution in [0.1, 0.15) is 26.3 Å². The van der Waals surface area contributed by atoms with Crippen LogP contribution in [0.3, 0.4) is 0 Å². The minimum atomic E-state index is -4.45. The van der Waals surface area contributed by atoms with E-state index in [0.29, 0.717) is 0 Å². The van der Waals surface area contributed by atoms with Gasteiger partial charge in [0.05, 0.1) is 18.2 Å². The van der Waals surface area contributed by atoms with Crippen LogP contribution in [0.2, 0.25) is 0 Å². The molecule has 0 unspecified atom stereocenters. The third-order valence-corrected chi connectivity index (χ3v) is 2.87. The molecule has 8 heteroatoms. The Bertz CT molecular complexity index is 649. The predicted octanol–water partition coefficient (Wildman–Crippen LogP) is 2.94. The van der Waals surface area contributed by atoms with E-state index in [1.54, 1.807) is 20.8 Å². The molecule has 5 nitrogen and oxygen atoms in total. The maximum Gasteiger partial charge on any atom is 0.416 e. The van der Waals surface area contributed by atoms with Crippen molar-refractivity contribution in [2.75, 3.05) is 13.2 Å². The SMILES string of the molecule is C[C@H](C#CCN)NC(=O)OC(C)(C)COc1cccc(C(F)(F)F)c1. The summed E-state index contributed by atoms with van der Waals surface area (Å²) >= 11 is 0. The Balaban J connectivity index is 2.59. The average molecular weight is 358 g/mol. The molecule has 1 rings (SSSR count). The van der Waals surface area contributed by atoms with Gasteiger partial charge in [0.25, 0.3) is 0 Å². The number of halogens is 3. The second-order valence-electron chi connectivity index (χ2n) is 5.85. The summed E-state index contributed by atoms with van der Waals surface area (Å²) in [6.07, 6.45) is -5.16. The van der Waals surface area contributed by atoms with Crippen molar-refractivity contribution in [3.8, 4) is 17.6 Å². The number of rotatable bonds is 5. The van der Waals surface area contributed by atoms with Crippen LogP contribution in [-0.4, -0.2) is 30.9 Å². The number of amides is 1. The van der Waals surface area contributed by atoms with Crippen molar-refractivity contribution >= 4 is 6.09 Å². The number of nitrogens with one attached hydrogen (secondary N) is 1. The molecule has 0 saturated carbocycles. The van der Waals surface area contributed by atoms with Crippen LogP contribution >= 0.6 is 0 Å². The maximum atomic E-state index is 12.7. The third-order valence-electron chi connectivity index (χ3n) is 2.87. The first-order valence-electron chi connectivity index (χ1n) is 7.51. The Morgan fingerprint density at radius 3 is 2.64 bits per heavy atom. The Kier molecular flexibility index (Phi) is 7.12. The normalized spacial score (nSPS) is 12.6. The van der Waals surface area contributed by atoms with E-state index in [4.69, 9.17) is 15.2 Å². The van der Waals surface area contributed by atoms with Gasteiger partial charge in [-0.05, 0) is 39.0 Å². The smallest absolute Gasteiger partial charge is 0.416 e. The average Bonchev–Trinajstić information content (AvgIpc) is 2.50. The summed E-state index contributed by atoms with van der Waals surface area (Å²) in [5, 5.41) is 2.50. The lowest BCUT2D eigenvalue weighted by Crippen LogP contribution is -2.41. The molecular weight excluding hydrogens is 337 g/mol. The molecule has 0 spiro atoms. The van der Waals surface area contributed by atoms with Gasteiger partial charge < -0.3 is 20.5 Å². The maximum absolute atomic E-state index is 12.7. The van der Waals surface area contributed by atoms with E-state index >= 15 is 0 Å². The lowest BCUT2D eigenvalue weighted by atomic mass is 10.1. The molecule has 0 aromatic heterocycles. The topological polar surface area (TPSA) is 73.6 Å². The third kappa shape index (κ3) is 7.81. The Labute approximate surface area is 144 Å². The molecule has 0 aliphatic heterocycles. The molecule has 138 valence electrons. The van der Waals surface area contributed by atoms with Gasteiger partial charge in [-0.1, -0.05) is 17.9 Å². The summed E-state index contributed by atoms with van der Waals surface area (Å²) in [5.74, 6) is 5.36. The first-order chi connectivity index (χ1) is 11.5. The van der Waals surface area contributed by atoms with Gasteiger partial charge in [-0.25, -0.2) is 4.79 Å². The van der Waals surface area contributed by atoms with Crippen LogP contribution in [0.4, 0.5) is 18.0 Å². The molecule has 1 atom stereocenters. The van der Waals surface area contributed by atoms with Crippen LogP contribution < -0.4 is 15.8 Å². The van der Waals surface area contributed by atoms with Gasteiger partial charge in [0, 0.05) is 0 Å². The van der Waals surface area contributed by atoms with Crippen molar-refractivity contribution < 1.29 is 27.4 Å². The van der Waals surface area contributed by atoms with Crippen LogP contribution in [-0.2, 0) is 10.9 Å². The highest BCUT2D eigenvalue weighted by Crippen LogP contribution is 2.31. The largest absolute Gasteiger partial charge is 0.489 e. The summed E-state index contributed by atoms with van der Waals surface area (Å²) in [4.78, 5) is 11.8. The monoisotopic (exact) mass is 358 g/mol. The highest BCUT2D eigenvalue weighted by molar-refractivity contribution is 5.68. The van der Waals surface area contributed by atoms with E-state index in [1.807, 2.05) is 0 Å². The molecular formula is C17H21F3N2O3. The van der Waals surface area contributed by atoms with Crippen LogP contribution in [0.15, 0.2) is 24.3 Å². The number of alkyl carbamates (subject to hydrolysis) is 1. The number of nitrogens with two attached hydrogens (primary N) is 1. The molecule has 1 aromatic carbocycles. The quantitative estimate of drug-likeness (QED) is 0.794. The molecule has 0 fully saturated rings. The molecule has 1 amide bonds. The first kappa shape index (κ1) is 20.6. The van der Waals surface area contributed by atoms with Gasteiger partial charge in [-0.2, -0.15) is 13.2 Å². The van der Waals surface area contributed by atoms with Gasteiger partial charge in [-0.3, -0.25) is 0 Å². The number of benzene rings is 1. The fraction of sp³-hybridized carbons (Fsp3) is 0.471. The fourth-order valence-electron chi connectivity index (χ4n) is 1.75. The van der Waals surface area contributed by atoms with Crippen molar-refractivity contribution in [1.82, 2.24) is 5.32 Å². The minimum absolute atomic E-state index is 0.0362. The summed E-state index contributed by atoms with van der Waals surface area (Å²) in [6, 6.07) is 4.04. The van der Waals surface area contributed by atoms with Crippen LogP contribution in [0.5, 0.6) is 5.75 Å². The molecule has 3 N–H and O–H groups in total. The van der Waals surface area contributed by atoms with Crippen molar-refractivity contribution in [1.29, 1.82) is 0 Å². The summed E-state index contributed by atoms with van der Waals surface area (Å²) in [5.41, 5.74) is 3.37. The van der Waals surface area contributed by atoms with Crippen molar-refractivity contribution in [3.05, 3.63) is 29.8 Å². The summed E-state index contributed by atoms with van der Waals surface area (Å²) < 4.78 is 48.6. The predicted molar refractivity (Wildman–Crippen MR) is 86.9 cm³/mol. The molecule has 1 aromatic rings. The fourth-order valence-corrected chi connectivity index (χ4v) is 1.75. The lowest BCUT2D eigenvalue weighted by Gasteiger charge is -2.25. The van der Waals surface area contributed by atoms with E-state index in [0.717, 1.165) is 12.1 Å². The molecule has 0 saturated heterocycles. The highest BCUT2D eigenvalue weighted by Gasteiger charge is 2.31. The van der Waals surface area contributed by atoms with E-state index in [2.05, 4.69) is 17.2 Å². The van der Waals surface area contributed by atoms with Gasteiger partial charge in [0.2, 0.25) is 0 Å². The van der Waals surface area contributed by atoms with Crippen LogP contribution in [0.25, 0.3) is 0 Å². The molecule has 0 aliphatic rings. The Hall–Kier alpha value is -2.40. The zero-order valence-electron chi connectivity index (χ0n) is 14.2. The zero-order valence-corrected chi connectivity index (χ0v) is 14.2. The minimum Gasteiger partial charge on any atom is -0.489 e. The lowest BCUT2D eigenvalue weighted by molar-refractivity contribution is -0.137. The Morgan fingerprint density at radius 2 is 2.04 bits per heavy atom. The standard InChI is InChI=1S/C17H21F3N2O3/c1-12(6-5-9-21)22-15(23)25-16(2,3)11-24-14-8-4-7-13(10-14)17(18,19)20/h4,7-8,10,12H,9,11,21H2,1-3H3,(H,22,23)/t12-/m1/s1. The molecule has 0 radical (unpaired) electrons. The van der Waals surface area contributed by atoms with E-state index in [-0.39, 0.29) is 18.9 Å². The first-order valence-corrected chi connectivity index (χ1v) is 7.51. The van der Waals surface area contributed by atoms with Gasteiger partial charge in [0.15, 0.2) is 0 Å². The second kappa shape index (κ2) is 8.62. The van der Waals surface area contributed by atoms with E-state index in [1.165, 1.54) is 12.1 Å². The van der Waals surface area contributed by atoms with E-state index < -0.39 is 29.5 Å². The van der Waals surface area contributed by atoms with Gasteiger partial charge in [0.1, 0.15) is 18.0 Å². The molecule has 0 heterocycles. The number of carbonyl (C=O) groups is 1. The van der Waals surface area contributed by atoms with Crippen molar-refractivity contribution in [2.45, 2.75) is 38.6 Å². The molecule has 0 aliphatic carbocycles. The van der Waals surface area contributed by atoms with Crippen molar-refractivity contribution in [3.63, 3.8) is 0 Å². The number of ether oxygens (including phenoxy) is 2. The molecule has 0 bridgehead atoms. The number of carbonyl (C=O) groups excluding carboxylic acids is 1. The summed E-state index contributed by atoms with van der Waals surface area (Å²) in [7, 11) is 0.